The molecule has 1 aliphatic rings. The number of carbonyl (C=O) groups is 1. The maximum absolute atomic E-state index is 12.3. The van der Waals surface area contributed by atoms with Crippen molar-refractivity contribution in [1.29, 1.82) is 0 Å². The summed E-state index contributed by atoms with van der Waals surface area (Å²) in [5.74, 6) is 1.51. The molecule has 0 radical (unpaired) electrons. The molecule has 0 fully saturated rings. The monoisotopic (exact) mass is 347 g/mol. The molecule has 1 N–H and O–H groups in total. The summed E-state index contributed by atoms with van der Waals surface area (Å²) in [4.78, 5) is 12.3. The highest BCUT2D eigenvalue weighted by molar-refractivity contribution is 6.32. The number of benzene rings is 2. The van der Waals surface area contributed by atoms with Crippen molar-refractivity contribution < 1.29 is 19.0 Å². The van der Waals surface area contributed by atoms with E-state index in [1.165, 1.54) is 0 Å². The number of rotatable bonds is 4. The number of carbonyl (C=O) groups excluding carboxylic acids is 1. The summed E-state index contributed by atoms with van der Waals surface area (Å²) in [6.07, 6.45) is -0.697. The van der Waals surface area contributed by atoms with E-state index in [-0.39, 0.29) is 5.91 Å². The van der Waals surface area contributed by atoms with Gasteiger partial charge in [-0.2, -0.15) is 0 Å². The van der Waals surface area contributed by atoms with Crippen LogP contribution in [-0.2, 0) is 4.79 Å². The Morgan fingerprint density at radius 3 is 2.71 bits per heavy atom. The van der Waals surface area contributed by atoms with Crippen LogP contribution >= 0.6 is 11.6 Å². The quantitative estimate of drug-likeness (QED) is 0.913. The molecule has 0 spiro atoms. The Morgan fingerprint density at radius 1 is 1.17 bits per heavy atom. The van der Waals surface area contributed by atoms with Gasteiger partial charge in [0.25, 0.3) is 5.91 Å². The molecule has 1 amide bonds. The van der Waals surface area contributed by atoms with Gasteiger partial charge in [-0.05, 0) is 43.7 Å². The molecule has 1 aliphatic heterocycles. The third-order valence-corrected chi connectivity index (χ3v) is 3.88. The second-order valence-electron chi connectivity index (χ2n) is 5.54. The van der Waals surface area contributed by atoms with Crippen LogP contribution in [0.25, 0.3) is 0 Å². The van der Waals surface area contributed by atoms with Gasteiger partial charge >= 0.3 is 0 Å². The van der Waals surface area contributed by atoms with Crippen molar-refractivity contribution in [1.82, 2.24) is 0 Å². The number of halogens is 1. The molecule has 0 aliphatic carbocycles. The van der Waals surface area contributed by atoms with Crippen molar-refractivity contribution in [3.8, 4) is 17.2 Å². The predicted molar refractivity (Wildman–Crippen MR) is 92.3 cm³/mol. The number of hydrogen-bond acceptors (Lipinski definition) is 4. The molecule has 0 aromatic heterocycles. The third kappa shape index (κ3) is 3.74. The second-order valence-corrected chi connectivity index (χ2v) is 5.95. The van der Waals surface area contributed by atoms with Gasteiger partial charge in [0.05, 0.1) is 5.02 Å². The number of nitrogens with one attached hydrogen (secondary N) is 1. The van der Waals surface area contributed by atoms with Crippen molar-refractivity contribution in [2.45, 2.75) is 20.0 Å². The summed E-state index contributed by atoms with van der Waals surface area (Å²) in [5, 5.41) is 3.28. The van der Waals surface area contributed by atoms with E-state index < -0.39 is 6.10 Å². The first kappa shape index (κ1) is 16.5. The molecular formula is C18H18ClNO4. The molecular weight excluding hydrogens is 330 g/mol. The van der Waals surface area contributed by atoms with Gasteiger partial charge in [0.15, 0.2) is 17.6 Å². The van der Waals surface area contributed by atoms with Crippen LogP contribution in [0.4, 0.5) is 5.69 Å². The zero-order valence-electron chi connectivity index (χ0n) is 13.5. The summed E-state index contributed by atoms with van der Waals surface area (Å²) >= 11 is 6.10. The van der Waals surface area contributed by atoms with E-state index in [9.17, 15) is 4.79 Å². The summed E-state index contributed by atoms with van der Waals surface area (Å²) in [7, 11) is 0. The Balaban J connectivity index is 1.67. The van der Waals surface area contributed by atoms with E-state index in [4.69, 9.17) is 25.8 Å². The van der Waals surface area contributed by atoms with Crippen LogP contribution in [0.2, 0.25) is 5.02 Å². The Morgan fingerprint density at radius 2 is 1.92 bits per heavy atom. The average Bonchev–Trinajstić information content (AvgIpc) is 2.58. The standard InChI is InChI=1S/C18H18ClNO4/c1-11-3-5-14(19)16(9-11)24-12(2)18(21)20-13-4-6-15-17(10-13)23-8-7-22-15/h3-6,9-10,12H,7-8H2,1-2H3,(H,20,21)/t12-/m1/s1. The van der Waals surface area contributed by atoms with Gasteiger partial charge in [0.1, 0.15) is 19.0 Å². The van der Waals surface area contributed by atoms with E-state index in [0.717, 1.165) is 5.56 Å². The maximum atomic E-state index is 12.3. The molecule has 0 saturated carbocycles. The molecule has 24 heavy (non-hydrogen) atoms. The molecule has 2 aromatic rings. The normalized spacial score (nSPS) is 14.0. The fourth-order valence-electron chi connectivity index (χ4n) is 2.31. The molecule has 0 bridgehead atoms. The lowest BCUT2D eigenvalue weighted by Crippen LogP contribution is -2.30. The highest BCUT2D eigenvalue weighted by Crippen LogP contribution is 2.32. The summed E-state index contributed by atoms with van der Waals surface area (Å²) in [6, 6.07) is 10.7. The van der Waals surface area contributed by atoms with Crippen molar-refractivity contribution in [3.05, 3.63) is 47.0 Å². The van der Waals surface area contributed by atoms with Gasteiger partial charge in [-0.25, -0.2) is 0 Å². The van der Waals surface area contributed by atoms with Crippen LogP contribution in [0.1, 0.15) is 12.5 Å². The Hall–Kier alpha value is -2.40. The fourth-order valence-corrected chi connectivity index (χ4v) is 2.47. The lowest BCUT2D eigenvalue weighted by atomic mass is 10.2. The fraction of sp³-hybridized carbons (Fsp3) is 0.278. The van der Waals surface area contributed by atoms with Crippen LogP contribution < -0.4 is 19.5 Å². The number of amides is 1. The molecule has 6 heteroatoms. The Bertz CT molecular complexity index is 763. The molecule has 1 heterocycles. The minimum Gasteiger partial charge on any atom is -0.486 e. The van der Waals surface area contributed by atoms with E-state index >= 15 is 0 Å². The number of hydrogen-bond donors (Lipinski definition) is 1. The van der Waals surface area contributed by atoms with Crippen molar-refractivity contribution in [2.75, 3.05) is 18.5 Å². The Labute approximate surface area is 145 Å². The van der Waals surface area contributed by atoms with Gasteiger partial charge < -0.3 is 19.5 Å². The highest BCUT2D eigenvalue weighted by atomic mass is 35.5. The van der Waals surface area contributed by atoms with Gasteiger partial charge in [-0.3, -0.25) is 4.79 Å². The largest absolute Gasteiger partial charge is 0.486 e. The minimum absolute atomic E-state index is 0.274. The Kier molecular flexibility index (Phi) is 4.81. The number of aryl methyl sites for hydroxylation is 1. The van der Waals surface area contributed by atoms with Crippen LogP contribution in [0.15, 0.2) is 36.4 Å². The summed E-state index contributed by atoms with van der Waals surface area (Å²) < 4.78 is 16.6. The lowest BCUT2D eigenvalue weighted by molar-refractivity contribution is -0.122. The molecule has 1 atom stereocenters. The lowest BCUT2D eigenvalue weighted by Gasteiger charge is -2.20. The van der Waals surface area contributed by atoms with Crippen LogP contribution in [0.5, 0.6) is 17.2 Å². The molecule has 2 aromatic carbocycles. The number of anilines is 1. The highest BCUT2D eigenvalue weighted by Gasteiger charge is 2.18. The molecule has 3 rings (SSSR count). The number of ether oxygens (including phenoxy) is 3. The average molecular weight is 348 g/mol. The third-order valence-electron chi connectivity index (χ3n) is 3.57. The van der Waals surface area contributed by atoms with E-state index in [1.54, 1.807) is 37.3 Å². The molecule has 5 nitrogen and oxygen atoms in total. The molecule has 126 valence electrons. The second kappa shape index (κ2) is 7.01. The van der Waals surface area contributed by atoms with Crippen molar-refractivity contribution in [2.24, 2.45) is 0 Å². The predicted octanol–water partition coefficient (Wildman–Crippen LogP) is 3.83. The number of fused-ring (bicyclic) bond motifs is 1. The summed E-state index contributed by atoms with van der Waals surface area (Å²) in [5.41, 5.74) is 1.63. The van der Waals surface area contributed by atoms with Crippen molar-refractivity contribution >= 4 is 23.2 Å². The zero-order chi connectivity index (χ0) is 17.1. The smallest absolute Gasteiger partial charge is 0.265 e. The van der Waals surface area contributed by atoms with E-state index in [2.05, 4.69) is 5.32 Å². The SMILES string of the molecule is Cc1ccc(Cl)c(O[C@H](C)C(=O)Nc2ccc3c(c2)OCCO3)c1. The van der Waals surface area contributed by atoms with Gasteiger partial charge in [-0.15, -0.1) is 0 Å². The van der Waals surface area contributed by atoms with Gasteiger partial charge in [0.2, 0.25) is 0 Å². The first-order chi connectivity index (χ1) is 11.5. The van der Waals surface area contributed by atoms with E-state index in [0.29, 0.717) is 41.2 Å². The topological polar surface area (TPSA) is 56.8 Å². The van der Waals surface area contributed by atoms with Crippen molar-refractivity contribution in [3.63, 3.8) is 0 Å². The van der Waals surface area contributed by atoms with Crippen LogP contribution in [0.3, 0.4) is 0 Å². The summed E-state index contributed by atoms with van der Waals surface area (Å²) in [6.45, 7) is 4.63. The zero-order valence-corrected chi connectivity index (χ0v) is 14.2. The first-order valence-electron chi connectivity index (χ1n) is 7.66. The van der Waals surface area contributed by atoms with Crippen LogP contribution in [0, 0.1) is 6.92 Å². The first-order valence-corrected chi connectivity index (χ1v) is 8.04. The van der Waals surface area contributed by atoms with Gasteiger partial charge in [0, 0.05) is 11.8 Å². The van der Waals surface area contributed by atoms with E-state index in [1.807, 2.05) is 13.0 Å². The van der Waals surface area contributed by atoms with Crippen LogP contribution in [-0.4, -0.2) is 25.2 Å². The molecule has 0 unspecified atom stereocenters. The maximum Gasteiger partial charge on any atom is 0.265 e. The molecule has 0 saturated heterocycles. The minimum atomic E-state index is -0.697. The van der Waals surface area contributed by atoms with Gasteiger partial charge in [-0.1, -0.05) is 17.7 Å².